The number of amides is 1. The fourth-order valence-corrected chi connectivity index (χ4v) is 7.19. The predicted molar refractivity (Wildman–Crippen MR) is 230 cm³/mol. The van der Waals surface area contributed by atoms with Crippen LogP contribution in [-0.4, -0.2) is 127 Å². The molecular weight excluding hydrogens is 791 g/mol. The molecule has 0 heterocycles. The van der Waals surface area contributed by atoms with E-state index in [9.17, 15) is 21.6 Å². The molecule has 1 amide bonds. The first-order valence-electron chi connectivity index (χ1n) is 22.7. The lowest BCUT2D eigenvalue weighted by Crippen LogP contribution is -2.39. The van der Waals surface area contributed by atoms with Gasteiger partial charge in [0.2, 0.25) is 5.91 Å². The Morgan fingerprint density at radius 3 is 1.14 bits per heavy atom. The van der Waals surface area contributed by atoms with E-state index in [-0.39, 0.29) is 69.9 Å². The topological polar surface area (TPSA) is 184 Å². The van der Waals surface area contributed by atoms with Gasteiger partial charge in [0.15, 0.2) is 12.6 Å². The van der Waals surface area contributed by atoms with Crippen molar-refractivity contribution < 1.29 is 59.2 Å². The predicted octanol–water partition coefficient (Wildman–Crippen LogP) is 8.76. The van der Waals surface area contributed by atoms with Gasteiger partial charge in [-0.15, -0.1) is 0 Å². The maximum atomic E-state index is 13.6. The molecule has 2 atom stereocenters. The summed E-state index contributed by atoms with van der Waals surface area (Å²) in [7, 11) is -8.14. The summed E-state index contributed by atoms with van der Waals surface area (Å²) in [5.74, 6) is -0.770. The monoisotopic (exact) mass is 876 g/mol. The molecule has 0 rings (SSSR count). The number of hydrogen-bond donors (Lipinski definition) is 2. The molecule has 348 valence electrons. The number of rotatable bonds is 46. The van der Waals surface area contributed by atoms with E-state index in [4.69, 9.17) is 37.5 Å². The lowest BCUT2D eigenvalue weighted by Gasteiger charge is -2.26. The third-order valence-corrected chi connectivity index (χ3v) is 11.3. The zero-order chi connectivity index (χ0) is 43.0. The van der Waals surface area contributed by atoms with E-state index in [1.807, 2.05) is 0 Å². The molecule has 0 aromatic carbocycles. The molecule has 58 heavy (non-hydrogen) atoms. The molecule has 2 N–H and O–H groups in total. The zero-order valence-corrected chi connectivity index (χ0v) is 38.4. The summed E-state index contributed by atoms with van der Waals surface area (Å²) in [4.78, 5) is 15.3. The van der Waals surface area contributed by atoms with Crippen LogP contribution in [-0.2, 0) is 53.5 Å². The molecule has 0 aromatic heterocycles. The number of carbonyl (C=O) groups is 1. The molecule has 0 saturated carbocycles. The molecular formula is C42H85NO13S2. The normalized spacial score (nSPS) is 13.3. The van der Waals surface area contributed by atoms with Crippen molar-refractivity contribution >= 4 is 26.1 Å². The zero-order valence-electron chi connectivity index (χ0n) is 36.8. The van der Waals surface area contributed by atoms with Crippen LogP contribution in [0.5, 0.6) is 0 Å². The first-order valence-corrected chi connectivity index (χ1v) is 25.9. The number of nitrogens with zero attached hydrogens (tertiary/aromatic N) is 1. The van der Waals surface area contributed by atoms with Gasteiger partial charge in [-0.05, 0) is 32.1 Å². The molecule has 0 fully saturated rings. The Kier molecular flexibility index (Phi) is 39.5. The van der Waals surface area contributed by atoms with Crippen molar-refractivity contribution in [2.45, 2.75) is 187 Å². The van der Waals surface area contributed by atoms with Gasteiger partial charge in [-0.1, -0.05) is 136 Å². The minimum atomic E-state index is -4.07. The second-order valence-electron chi connectivity index (χ2n) is 15.3. The molecule has 0 aliphatic heterocycles. The fraction of sp³-hybridized carbons (Fsp3) is 0.976. The molecule has 0 aliphatic carbocycles. The van der Waals surface area contributed by atoms with Crippen LogP contribution in [0.3, 0.4) is 0 Å². The van der Waals surface area contributed by atoms with Gasteiger partial charge in [-0.25, -0.2) is 0 Å². The molecule has 16 heteroatoms. The molecule has 0 spiro atoms. The molecule has 0 saturated heterocycles. The SMILES string of the molecule is CCCCCCCCCCCC(=O)N(CCOC(COCCCS(=O)(=O)O)OCCCCCCCC)CCOC(COCCCS(=O)(=O)O)OCCCCCCCC. The third kappa shape index (κ3) is 41.8. The van der Waals surface area contributed by atoms with Crippen molar-refractivity contribution in [3.63, 3.8) is 0 Å². The van der Waals surface area contributed by atoms with E-state index in [0.29, 0.717) is 32.7 Å². The van der Waals surface area contributed by atoms with E-state index in [1.54, 1.807) is 4.90 Å². The molecule has 0 aliphatic rings. The first-order chi connectivity index (χ1) is 27.9. The first kappa shape index (κ1) is 57.1. The highest BCUT2D eigenvalue weighted by molar-refractivity contribution is 7.86. The van der Waals surface area contributed by atoms with Crippen LogP contribution in [0, 0.1) is 0 Å². The van der Waals surface area contributed by atoms with E-state index in [1.165, 1.54) is 77.0 Å². The maximum absolute atomic E-state index is 13.6. The second kappa shape index (κ2) is 40.1. The van der Waals surface area contributed by atoms with Gasteiger partial charge in [0, 0.05) is 45.9 Å². The fourth-order valence-electron chi connectivity index (χ4n) is 6.22. The van der Waals surface area contributed by atoms with Gasteiger partial charge in [-0.2, -0.15) is 16.8 Å². The Morgan fingerprint density at radius 2 is 0.776 bits per heavy atom. The van der Waals surface area contributed by atoms with E-state index >= 15 is 0 Å². The lowest BCUT2D eigenvalue weighted by atomic mass is 10.1. The third-order valence-electron chi connectivity index (χ3n) is 9.67. The summed E-state index contributed by atoms with van der Waals surface area (Å²) in [6, 6.07) is 0. The number of unbranched alkanes of at least 4 members (excludes halogenated alkanes) is 18. The van der Waals surface area contributed by atoms with E-state index in [2.05, 4.69) is 20.8 Å². The van der Waals surface area contributed by atoms with Gasteiger partial charge < -0.3 is 33.3 Å². The number of carbonyl (C=O) groups excluding carboxylic acids is 1. The summed E-state index contributed by atoms with van der Waals surface area (Å²) in [6.45, 7) is 8.93. The van der Waals surface area contributed by atoms with Crippen LogP contribution in [0.15, 0.2) is 0 Å². The van der Waals surface area contributed by atoms with Crippen LogP contribution in [0.25, 0.3) is 0 Å². The van der Waals surface area contributed by atoms with Crippen molar-refractivity contribution in [3.8, 4) is 0 Å². The Labute approximate surface area is 354 Å². The summed E-state index contributed by atoms with van der Waals surface area (Å²) < 4.78 is 97.9. The van der Waals surface area contributed by atoms with Crippen LogP contribution in [0.2, 0.25) is 0 Å². The standard InChI is InChI=1S/C42H85NO13S2/c1-4-7-10-13-16-17-18-19-22-27-40(44)43(28-34-55-41(38-51-30-25-36-57(45,46)47)53-32-23-20-14-11-8-5-2)29-35-56-42(39-52-31-26-37-58(48,49)50)54-33-24-21-15-12-9-6-3/h41-42H,4-39H2,1-3H3,(H,45,46,47)(H,48,49,50). The van der Waals surface area contributed by atoms with Crippen LogP contribution in [0.1, 0.15) is 175 Å². The summed E-state index contributed by atoms with van der Waals surface area (Å²) in [5, 5.41) is 0. The second-order valence-corrected chi connectivity index (χ2v) is 18.4. The van der Waals surface area contributed by atoms with Crippen LogP contribution in [0.4, 0.5) is 0 Å². The lowest BCUT2D eigenvalue weighted by molar-refractivity contribution is -0.181. The molecule has 0 radical (unpaired) electrons. The highest BCUT2D eigenvalue weighted by Gasteiger charge is 2.18. The summed E-state index contributed by atoms with van der Waals surface area (Å²) in [6.07, 6.45) is 22.9. The molecule has 0 bridgehead atoms. The minimum Gasteiger partial charge on any atom is -0.376 e. The van der Waals surface area contributed by atoms with Crippen molar-refractivity contribution in [2.75, 3.05) is 77.5 Å². The van der Waals surface area contributed by atoms with Crippen molar-refractivity contribution in [1.29, 1.82) is 0 Å². The average molecular weight is 876 g/mol. The smallest absolute Gasteiger partial charge is 0.264 e. The Balaban J connectivity index is 5.37. The highest BCUT2D eigenvalue weighted by Crippen LogP contribution is 2.13. The summed E-state index contributed by atoms with van der Waals surface area (Å²) >= 11 is 0. The van der Waals surface area contributed by atoms with Gasteiger partial charge in [0.05, 0.1) is 37.9 Å². The van der Waals surface area contributed by atoms with Crippen LogP contribution < -0.4 is 0 Å². The van der Waals surface area contributed by atoms with Gasteiger partial charge in [0.1, 0.15) is 0 Å². The molecule has 0 aromatic rings. The molecule has 14 nitrogen and oxygen atoms in total. The molecule has 2 unspecified atom stereocenters. The van der Waals surface area contributed by atoms with Gasteiger partial charge in [0.25, 0.3) is 20.2 Å². The van der Waals surface area contributed by atoms with Gasteiger partial charge in [-0.3, -0.25) is 13.9 Å². The van der Waals surface area contributed by atoms with E-state index < -0.39 is 32.8 Å². The Hall–Kier alpha value is -0.950. The summed E-state index contributed by atoms with van der Waals surface area (Å²) in [5.41, 5.74) is 0. The van der Waals surface area contributed by atoms with Crippen molar-refractivity contribution in [1.82, 2.24) is 4.90 Å². The minimum absolute atomic E-state index is 0.00664. The maximum Gasteiger partial charge on any atom is 0.264 e. The Morgan fingerprint density at radius 1 is 0.448 bits per heavy atom. The van der Waals surface area contributed by atoms with Crippen LogP contribution >= 0.6 is 0 Å². The quantitative estimate of drug-likeness (QED) is 0.0336. The Bertz CT molecular complexity index is 1060. The number of ether oxygens (including phenoxy) is 6. The average Bonchev–Trinajstić information content (AvgIpc) is 3.17. The van der Waals surface area contributed by atoms with E-state index in [0.717, 1.165) is 57.8 Å². The van der Waals surface area contributed by atoms with Gasteiger partial charge >= 0.3 is 0 Å². The highest BCUT2D eigenvalue weighted by atomic mass is 32.2. The van der Waals surface area contributed by atoms with Crippen molar-refractivity contribution in [3.05, 3.63) is 0 Å². The van der Waals surface area contributed by atoms with Crippen molar-refractivity contribution in [2.24, 2.45) is 0 Å². The largest absolute Gasteiger partial charge is 0.376 e. The number of hydrogen-bond acceptors (Lipinski definition) is 11.